The van der Waals surface area contributed by atoms with Crippen LogP contribution in [0.25, 0.3) is 11.0 Å². The van der Waals surface area contributed by atoms with Crippen molar-refractivity contribution in [1.29, 1.82) is 0 Å². The fourth-order valence-corrected chi connectivity index (χ4v) is 2.04. The Bertz CT molecular complexity index is 739. The fraction of sp³-hybridized carbons (Fsp3) is 0.333. The molecule has 2 aromatic rings. The molecule has 1 aromatic carbocycles. The lowest BCUT2D eigenvalue weighted by Crippen LogP contribution is -2.06. The smallest absolute Gasteiger partial charge is 0.438 e. The summed E-state index contributed by atoms with van der Waals surface area (Å²) in [6, 6.07) is 10.6. The van der Waals surface area contributed by atoms with Gasteiger partial charge in [-0.15, -0.1) is 0 Å². The zero-order valence-electron chi connectivity index (χ0n) is 14.0. The van der Waals surface area contributed by atoms with Gasteiger partial charge in [0.15, 0.2) is 0 Å². The summed E-state index contributed by atoms with van der Waals surface area (Å²) in [6.07, 6.45) is -1.01. The van der Waals surface area contributed by atoms with Crippen LogP contribution in [0.15, 0.2) is 45.6 Å². The van der Waals surface area contributed by atoms with Crippen molar-refractivity contribution in [2.24, 2.45) is 5.73 Å². The molecule has 2 rings (SSSR count). The number of rotatable bonds is 4. The lowest BCUT2D eigenvalue weighted by atomic mass is 10.2. The molecule has 10 heteroatoms. The molecule has 0 aliphatic heterocycles. The van der Waals surface area contributed by atoms with E-state index in [1.165, 1.54) is 13.1 Å². The molecule has 25 heavy (non-hydrogen) atoms. The van der Waals surface area contributed by atoms with Crippen LogP contribution in [-0.4, -0.2) is 42.9 Å². The molecular formula is C15H22NO8P. The summed E-state index contributed by atoms with van der Waals surface area (Å²) in [6.45, 7) is -0.0439. The van der Waals surface area contributed by atoms with Gasteiger partial charge in [0.2, 0.25) is 0 Å². The van der Waals surface area contributed by atoms with Crippen LogP contribution in [0.2, 0.25) is 0 Å². The van der Waals surface area contributed by atoms with Crippen molar-refractivity contribution in [2.75, 3.05) is 26.9 Å². The van der Waals surface area contributed by atoms with Crippen LogP contribution in [0.1, 0.15) is 6.42 Å². The minimum atomic E-state index is -3.97. The third-order valence-electron chi connectivity index (χ3n) is 2.51. The second kappa shape index (κ2) is 12.2. The second-order valence-corrected chi connectivity index (χ2v) is 6.11. The fourth-order valence-electron chi connectivity index (χ4n) is 1.50. The summed E-state index contributed by atoms with van der Waals surface area (Å²) in [4.78, 5) is 37.8. The molecule has 1 aromatic heterocycles. The summed E-state index contributed by atoms with van der Waals surface area (Å²) < 4.78 is 23.7. The van der Waals surface area contributed by atoms with Crippen molar-refractivity contribution in [3.05, 3.63) is 46.8 Å². The molecule has 9 nitrogen and oxygen atoms in total. The van der Waals surface area contributed by atoms with Gasteiger partial charge in [0.05, 0.1) is 19.9 Å². The number of ether oxygens (including phenoxy) is 2. The Morgan fingerprint density at radius 2 is 1.84 bits per heavy atom. The molecule has 0 saturated heterocycles. The van der Waals surface area contributed by atoms with E-state index >= 15 is 0 Å². The Kier molecular flexibility index (Phi) is 11.1. The van der Waals surface area contributed by atoms with E-state index in [1.54, 1.807) is 12.1 Å². The number of methoxy groups -OCH3 is 1. The lowest BCUT2D eigenvalue weighted by molar-refractivity contribution is 0.0726. The maximum atomic E-state index is 10.7. The second-order valence-electron chi connectivity index (χ2n) is 4.34. The number of hydrogen-bond donors (Lipinski definition) is 3. The van der Waals surface area contributed by atoms with Crippen LogP contribution in [-0.2, 0) is 14.0 Å². The van der Waals surface area contributed by atoms with E-state index in [2.05, 4.69) is 15.2 Å². The third kappa shape index (κ3) is 11.1. The number of benzene rings is 1. The molecule has 0 fully saturated rings. The van der Waals surface area contributed by atoms with E-state index in [4.69, 9.17) is 14.2 Å². The number of hydrogen-bond acceptors (Lipinski definition) is 7. The van der Waals surface area contributed by atoms with Gasteiger partial charge >= 0.3 is 19.4 Å². The van der Waals surface area contributed by atoms with Gasteiger partial charge in [-0.25, -0.2) is 9.59 Å². The van der Waals surface area contributed by atoms with Gasteiger partial charge in [-0.3, -0.25) is 4.57 Å². The molecule has 0 unspecified atom stereocenters. The summed E-state index contributed by atoms with van der Waals surface area (Å²) in [5.41, 5.74) is 4.84. The molecule has 4 N–H and O–H groups in total. The zero-order chi connectivity index (χ0) is 19.3. The van der Waals surface area contributed by atoms with E-state index < -0.39 is 13.8 Å². The van der Waals surface area contributed by atoms with Crippen LogP contribution in [0.3, 0.4) is 0 Å². The predicted molar refractivity (Wildman–Crippen MR) is 92.5 cm³/mol. The topological polar surface area (TPSA) is 149 Å². The van der Waals surface area contributed by atoms with E-state index in [0.29, 0.717) is 5.58 Å². The molecule has 0 amide bonds. The Hall–Kier alpha value is -2.19. The van der Waals surface area contributed by atoms with Crippen molar-refractivity contribution in [2.45, 2.75) is 6.42 Å². The maximum absolute atomic E-state index is 10.7. The van der Waals surface area contributed by atoms with Gasteiger partial charge < -0.3 is 29.4 Å². The third-order valence-corrected chi connectivity index (χ3v) is 3.41. The first-order chi connectivity index (χ1) is 11.8. The van der Waals surface area contributed by atoms with Crippen LogP contribution in [0.5, 0.6) is 0 Å². The minimum Gasteiger partial charge on any atom is -0.438 e. The van der Waals surface area contributed by atoms with Crippen LogP contribution in [0, 0.1) is 0 Å². The van der Waals surface area contributed by atoms with Gasteiger partial charge in [-0.05, 0) is 25.6 Å². The van der Waals surface area contributed by atoms with Gasteiger partial charge in [0, 0.05) is 11.5 Å². The number of nitrogens with two attached hydrogens (primary N) is 1. The standard InChI is InChI=1S/C9H6O2.C5H11O6P.CH5N/c10-9-6-5-7-3-1-2-4-8(7)11-9;1-10-5(6)11-3-2-4-12(7,8)9;1-2/h1-6H;2-4H2,1H3,(H2,7,8,9);2H2,1H3. The van der Waals surface area contributed by atoms with Crippen molar-refractivity contribution >= 4 is 24.7 Å². The largest absolute Gasteiger partial charge is 0.507 e. The summed E-state index contributed by atoms with van der Waals surface area (Å²) >= 11 is 0. The normalized spacial score (nSPS) is 9.96. The van der Waals surface area contributed by atoms with Crippen LogP contribution in [0.4, 0.5) is 4.79 Å². The highest BCUT2D eigenvalue weighted by Crippen LogP contribution is 2.34. The van der Waals surface area contributed by atoms with Crippen molar-refractivity contribution in [3.63, 3.8) is 0 Å². The SMILES string of the molecule is CN.COC(=O)OCCCP(=O)(O)O.O=c1ccc2ccccc2o1. The average Bonchev–Trinajstić information content (AvgIpc) is 2.60. The summed E-state index contributed by atoms with van der Waals surface area (Å²) in [7, 11) is -1.31. The molecule has 0 aliphatic carbocycles. The first-order valence-electron chi connectivity index (χ1n) is 7.14. The van der Waals surface area contributed by atoms with E-state index in [1.807, 2.05) is 18.2 Å². The van der Waals surface area contributed by atoms with Crippen molar-refractivity contribution in [1.82, 2.24) is 0 Å². The first-order valence-corrected chi connectivity index (χ1v) is 8.93. The van der Waals surface area contributed by atoms with E-state index in [0.717, 1.165) is 12.5 Å². The van der Waals surface area contributed by atoms with Crippen molar-refractivity contribution in [3.8, 4) is 0 Å². The Labute approximate surface area is 144 Å². The first kappa shape index (κ1) is 22.8. The number of para-hydroxylation sites is 1. The number of carbonyl (C=O) groups excluding carboxylic acids is 1. The Morgan fingerprint density at radius 1 is 1.20 bits per heavy atom. The summed E-state index contributed by atoms with van der Waals surface area (Å²) in [5.74, 6) is 0. The molecule has 1 heterocycles. The molecule has 0 bridgehead atoms. The molecule has 0 atom stereocenters. The molecular weight excluding hydrogens is 353 g/mol. The van der Waals surface area contributed by atoms with E-state index in [9.17, 15) is 14.2 Å². The highest BCUT2D eigenvalue weighted by atomic mass is 31.2. The quantitative estimate of drug-likeness (QED) is 0.314. The highest BCUT2D eigenvalue weighted by Gasteiger charge is 2.12. The van der Waals surface area contributed by atoms with E-state index in [-0.39, 0.29) is 24.8 Å². The number of fused-ring (bicyclic) bond motifs is 1. The van der Waals surface area contributed by atoms with Gasteiger partial charge in [-0.1, -0.05) is 18.2 Å². The number of carbonyl (C=O) groups is 1. The molecule has 0 spiro atoms. The zero-order valence-corrected chi connectivity index (χ0v) is 14.8. The van der Waals surface area contributed by atoms with Gasteiger partial charge in [-0.2, -0.15) is 0 Å². The average molecular weight is 375 g/mol. The Balaban J connectivity index is 0.000000419. The minimum absolute atomic E-state index is 0.0439. The predicted octanol–water partition coefficient (Wildman–Crippen LogP) is 1.71. The van der Waals surface area contributed by atoms with Gasteiger partial charge in [0.1, 0.15) is 5.58 Å². The van der Waals surface area contributed by atoms with Crippen LogP contribution >= 0.6 is 7.60 Å². The van der Waals surface area contributed by atoms with Crippen molar-refractivity contribution < 1.29 is 33.0 Å². The summed E-state index contributed by atoms with van der Waals surface area (Å²) in [5, 5.41) is 0.951. The lowest BCUT2D eigenvalue weighted by Gasteiger charge is -2.03. The highest BCUT2D eigenvalue weighted by molar-refractivity contribution is 7.51. The van der Waals surface area contributed by atoms with Gasteiger partial charge in [0.25, 0.3) is 0 Å². The molecule has 0 aliphatic rings. The molecule has 0 saturated carbocycles. The Morgan fingerprint density at radius 3 is 2.44 bits per heavy atom. The maximum Gasteiger partial charge on any atom is 0.507 e. The van der Waals surface area contributed by atoms with Crippen LogP contribution < -0.4 is 11.4 Å². The molecule has 140 valence electrons. The molecule has 0 radical (unpaired) electrons. The monoisotopic (exact) mass is 375 g/mol.